The van der Waals surface area contributed by atoms with Gasteiger partial charge >= 0.3 is 7.05 Å². The molecule has 9 heteroatoms. The Hall–Kier alpha value is -0.795. The first-order valence-corrected chi connectivity index (χ1v) is 9.27. The first kappa shape index (κ1) is 15.1. The summed E-state index contributed by atoms with van der Waals surface area (Å²) in [7, 11) is -5.18. The Morgan fingerprint density at radius 1 is 1.33 bits per heavy atom. The Balaban J connectivity index is 2.08. The number of fused-ring (bicyclic) bond motifs is 1. The van der Waals surface area contributed by atoms with Gasteiger partial charge in [0, 0.05) is 11.0 Å². The quantitative estimate of drug-likeness (QED) is 0.783. The average molecular weight is 405 g/mol. The predicted octanol–water partition coefficient (Wildman–Crippen LogP) is 2.53. The number of rotatable bonds is 2. The van der Waals surface area contributed by atoms with E-state index >= 15 is 0 Å². The van der Waals surface area contributed by atoms with Crippen molar-refractivity contribution in [3.8, 4) is 0 Å². The van der Waals surface area contributed by atoms with Crippen LogP contribution in [0.2, 0.25) is 5.02 Å². The van der Waals surface area contributed by atoms with Crippen LogP contribution in [-0.4, -0.2) is 24.7 Å². The minimum absolute atomic E-state index is 0.0329. The summed E-state index contributed by atoms with van der Waals surface area (Å²) >= 11 is 10.6. The topological polar surface area (TPSA) is 57.6 Å². The third kappa shape index (κ3) is 2.55. The van der Waals surface area contributed by atoms with Crippen LogP contribution < -0.4 is 4.78 Å². The van der Waals surface area contributed by atoms with Gasteiger partial charge in [0.05, 0.1) is 8.81 Å². The summed E-state index contributed by atoms with van der Waals surface area (Å²) in [5, 5.41) is 10.5. The second-order valence-corrected chi connectivity index (χ2v) is 9.01. The molecule has 1 aromatic carbocycles. The molecule has 0 spiro atoms. The van der Waals surface area contributed by atoms with E-state index < -0.39 is 17.1 Å². The summed E-state index contributed by atoms with van der Waals surface area (Å²) < 4.78 is 27.6. The van der Waals surface area contributed by atoms with Gasteiger partial charge in [-0.3, -0.25) is 4.22 Å². The first-order valence-electron chi connectivity index (χ1n) is 5.85. The lowest BCUT2D eigenvalue weighted by atomic mass is 9.77. The lowest BCUT2D eigenvalue weighted by Crippen LogP contribution is -2.49. The average Bonchev–Trinajstić information content (AvgIpc) is 2.80. The Kier molecular flexibility index (Phi) is 3.92. The normalized spacial score (nSPS) is 14.4. The molecule has 0 atom stereocenters. The van der Waals surface area contributed by atoms with Crippen LogP contribution in [0.3, 0.4) is 0 Å². The second-order valence-electron chi connectivity index (χ2n) is 4.32. The van der Waals surface area contributed by atoms with E-state index in [1.54, 1.807) is 18.2 Å². The van der Waals surface area contributed by atoms with Crippen molar-refractivity contribution < 1.29 is 13.4 Å². The van der Waals surface area contributed by atoms with Crippen LogP contribution in [0, 0.1) is 0 Å². The Bertz CT molecular complexity index is 837. The first-order chi connectivity index (χ1) is 9.91. The predicted molar refractivity (Wildman–Crippen MR) is 89.1 cm³/mol. The van der Waals surface area contributed by atoms with Crippen LogP contribution in [0.15, 0.2) is 45.2 Å². The molecule has 1 aliphatic rings. The molecule has 1 aliphatic heterocycles. The number of sulfonamides is 1. The molecular formula is C12H8BBrClNO3S2. The zero-order chi connectivity index (χ0) is 15.2. The molecule has 2 heterocycles. The van der Waals surface area contributed by atoms with Gasteiger partial charge in [0.25, 0.3) is 10.0 Å². The number of nitrogens with zero attached hydrogens (tertiary/aromatic N) is 1. The molecule has 2 aromatic rings. The van der Waals surface area contributed by atoms with Gasteiger partial charge in [0.2, 0.25) is 0 Å². The van der Waals surface area contributed by atoms with Crippen molar-refractivity contribution in [1.82, 2.24) is 4.22 Å². The maximum Gasteiger partial charge on any atom is 0.474 e. The minimum atomic E-state index is -3.92. The fourth-order valence-corrected chi connectivity index (χ4v) is 5.55. The van der Waals surface area contributed by atoms with Crippen molar-refractivity contribution >= 4 is 66.8 Å². The molecule has 0 amide bonds. The zero-order valence-electron chi connectivity index (χ0n) is 10.4. The molecular weight excluding hydrogens is 396 g/mol. The van der Waals surface area contributed by atoms with Gasteiger partial charge in [-0.15, -0.1) is 11.3 Å². The molecule has 1 aromatic heterocycles. The van der Waals surface area contributed by atoms with Gasteiger partial charge in [-0.2, -0.15) is 0 Å². The van der Waals surface area contributed by atoms with Crippen molar-refractivity contribution in [1.29, 1.82) is 0 Å². The highest BCUT2D eigenvalue weighted by molar-refractivity contribution is 9.11. The molecule has 0 aliphatic carbocycles. The summed E-state index contributed by atoms with van der Waals surface area (Å²) in [4.78, 5) is -0.0329. The molecule has 0 saturated heterocycles. The van der Waals surface area contributed by atoms with Crippen molar-refractivity contribution in [2.45, 2.75) is 4.90 Å². The molecule has 0 saturated carbocycles. The van der Waals surface area contributed by atoms with Gasteiger partial charge in [0.15, 0.2) is 0 Å². The number of thiophene rings is 1. The lowest BCUT2D eigenvalue weighted by molar-refractivity contribution is 0.512. The molecule has 0 unspecified atom stereocenters. The van der Waals surface area contributed by atoms with Crippen molar-refractivity contribution in [3.63, 3.8) is 0 Å². The number of hydrogen-bond acceptors (Lipinski definition) is 4. The Morgan fingerprint density at radius 3 is 2.76 bits per heavy atom. The third-order valence-electron chi connectivity index (χ3n) is 3.03. The van der Waals surface area contributed by atoms with Gasteiger partial charge in [-0.05, 0) is 45.8 Å². The lowest BCUT2D eigenvalue weighted by Gasteiger charge is -2.26. The molecule has 3 rings (SSSR count). The smallest absolute Gasteiger partial charge is 0.427 e. The van der Waals surface area contributed by atoms with Gasteiger partial charge in [-0.1, -0.05) is 23.7 Å². The van der Waals surface area contributed by atoms with Crippen LogP contribution >= 0.6 is 38.9 Å². The van der Waals surface area contributed by atoms with Crippen molar-refractivity contribution in [2.75, 3.05) is 0 Å². The van der Waals surface area contributed by atoms with E-state index in [0.717, 1.165) is 13.6 Å². The summed E-state index contributed by atoms with van der Waals surface area (Å²) in [5.41, 5.74) is 0.796. The van der Waals surface area contributed by atoms with E-state index in [1.807, 2.05) is 6.07 Å². The summed E-state index contributed by atoms with van der Waals surface area (Å²) in [6, 6.07) is 7.99. The zero-order valence-corrected chi connectivity index (χ0v) is 14.4. The van der Waals surface area contributed by atoms with Gasteiger partial charge < -0.3 is 5.02 Å². The SMILES string of the molecule is O=S(=O)(c1ccccc1Cl)N1C=Cc2cc(Br)sc2B1O. The van der Waals surface area contributed by atoms with Crippen LogP contribution in [0.4, 0.5) is 0 Å². The monoisotopic (exact) mass is 403 g/mol. The second kappa shape index (κ2) is 5.44. The van der Waals surface area contributed by atoms with Crippen LogP contribution in [-0.2, 0) is 10.0 Å². The van der Waals surface area contributed by atoms with Crippen molar-refractivity contribution in [2.24, 2.45) is 0 Å². The minimum Gasteiger partial charge on any atom is -0.427 e. The standard InChI is InChI=1S/C12H8BBrClNO3S2/c14-11-7-8-5-6-16(13(17)12(8)20-11)21(18,19)10-4-2-1-3-9(10)15/h1-7,17H. The summed E-state index contributed by atoms with van der Waals surface area (Å²) in [6.07, 6.45) is 3.00. The Morgan fingerprint density at radius 2 is 2.05 bits per heavy atom. The van der Waals surface area contributed by atoms with E-state index in [4.69, 9.17) is 11.6 Å². The molecule has 1 N–H and O–H groups in total. The molecule has 21 heavy (non-hydrogen) atoms. The highest BCUT2D eigenvalue weighted by atomic mass is 79.9. The fraction of sp³-hybridized carbons (Fsp3) is 0. The largest absolute Gasteiger partial charge is 0.474 e. The van der Waals surface area contributed by atoms with Crippen LogP contribution in [0.5, 0.6) is 0 Å². The Labute approximate surface area is 140 Å². The highest BCUT2D eigenvalue weighted by Gasteiger charge is 2.38. The van der Waals surface area contributed by atoms with Crippen molar-refractivity contribution in [3.05, 3.63) is 50.9 Å². The van der Waals surface area contributed by atoms with Gasteiger partial charge in [-0.25, -0.2) is 8.42 Å². The third-order valence-corrected chi connectivity index (χ3v) is 6.95. The van der Waals surface area contributed by atoms with Crippen LogP contribution in [0.25, 0.3) is 6.08 Å². The highest BCUT2D eigenvalue weighted by Crippen LogP contribution is 2.29. The molecule has 0 radical (unpaired) electrons. The maximum absolute atomic E-state index is 12.7. The van der Waals surface area contributed by atoms with E-state index in [-0.39, 0.29) is 9.92 Å². The molecule has 108 valence electrons. The van der Waals surface area contributed by atoms with E-state index in [0.29, 0.717) is 4.78 Å². The number of benzene rings is 1. The number of halogens is 2. The van der Waals surface area contributed by atoms with E-state index in [2.05, 4.69) is 15.9 Å². The van der Waals surface area contributed by atoms with Crippen LogP contribution in [0.1, 0.15) is 5.56 Å². The van der Waals surface area contributed by atoms with Gasteiger partial charge in [0.1, 0.15) is 4.90 Å². The maximum atomic E-state index is 12.7. The summed E-state index contributed by atoms with van der Waals surface area (Å²) in [6.45, 7) is 0. The fourth-order valence-electron chi connectivity index (χ4n) is 2.05. The van der Waals surface area contributed by atoms with E-state index in [9.17, 15) is 13.4 Å². The van der Waals surface area contributed by atoms with E-state index in [1.165, 1.54) is 29.7 Å². The summed E-state index contributed by atoms with van der Waals surface area (Å²) in [5.74, 6) is 0. The molecule has 0 fully saturated rings. The molecule has 4 nitrogen and oxygen atoms in total. The molecule has 0 bridgehead atoms. The number of hydrogen-bond donors (Lipinski definition) is 1.